The molecular weight excluding hydrogens is 396 g/mol. The van der Waals surface area contributed by atoms with E-state index in [1.165, 1.54) is 0 Å². The van der Waals surface area contributed by atoms with Gasteiger partial charge in [0.25, 0.3) is 23.6 Å². The Labute approximate surface area is 175 Å². The third-order valence-corrected chi connectivity index (χ3v) is 4.37. The van der Waals surface area contributed by atoms with Crippen LogP contribution in [0.15, 0.2) is 0 Å². The molecule has 2 rings (SSSR count). The lowest BCUT2D eigenvalue weighted by molar-refractivity contribution is -0.197. The monoisotopic (exact) mass is 426 g/mol. The molecule has 0 spiro atoms. The van der Waals surface area contributed by atoms with Crippen LogP contribution in [0.1, 0.15) is 90.9 Å². The quantitative estimate of drug-likeness (QED) is 0.385. The SMILES string of the molecule is CCCCCC(=O)ON1C(=O)CCC1=O.CCCCCC(=O)ON1C(=O)CCC1=O. The normalized spacial score (nSPS) is 15.9. The molecule has 0 unspecified atom stereocenters. The number of hydrogen-bond donors (Lipinski definition) is 0. The highest BCUT2D eigenvalue weighted by Gasteiger charge is 2.33. The highest BCUT2D eigenvalue weighted by Crippen LogP contribution is 2.14. The minimum atomic E-state index is -0.507. The van der Waals surface area contributed by atoms with E-state index in [2.05, 4.69) is 9.68 Å². The van der Waals surface area contributed by atoms with Gasteiger partial charge >= 0.3 is 11.9 Å². The first-order chi connectivity index (χ1) is 14.3. The second-order valence-corrected chi connectivity index (χ2v) is 7.00. The van der Waals surface area contributed by atoms with E-state index in [9.17, 15) is 28.8 Å². The smallest absolute Gasteiger partial charge is 0.330 e. The molecule has 0 aromatic heterocycles. The predicted octanol–water partition coefficient (Wildman–Crippen LogP) is 2.35. The molecule has 0 atom stereocenters. The topological polar surface area (TPSA) is 127 Å². The van der Waals surface area contributed by atoms with Gasteiger partial charge in [0.15, 0.2) is 0 Å². The van der Waals surface area contributed by atoms with Crippen molar-refractivity contribution in [2.45, 2.75) is 90.9 Å². The van der Waals surface area contributed by atoms with Crippen molar-refractivity contribution in [1.29, 1.82) is 0 Å². The van der Waals surface area contributed by atoms with E-state index in [0.29, 0.717) is 10.1 Å². The molecule has 10 heteroatoms. The average Bonchev–Trinajstić information content (AvgIpc) is 3.19. The third kappa shape index (κ3) is 8.71. The van der Waals surface area contributed by atoms with Crippen LogP contribution in [0.25, 0.3) is 0 Å². The summed E-state index contributed by atoms with van der Waals surface area (Å²) in [6.07, 6.45) is 6.43. The molecule has 2 aliphatic rings. The molecule has 4 amide bonds. The molecule has 0 radical (unpaired) electrons. The summed E-state index contributed by atoms with van der Waals surface area (Å²) < 4.78 is 0. The van der Waals surface area contributed by atoms with Crippen molar-refractivity contribution in [2.24, 2.45) is 0 Å². The molecule has 2 heterocycles. The number of imide groups is 2. The standard InChI is InChI=1S/2C10H15NO4/c2*1-2-3-4-5-10(14)15-11-8(12)6-7-9(11)13/h2*2-7H2,1H3. The highest BCUT2D eigenvalue weighted by molar-refractivity contribution is 6.02. The molecule has 2 aliphatic heterocycles. The molecule has 2 fully saturated rings. The van der Waals surface area contributed by atoms with E-state index >= 15 is 0 Å². The number of hydroxylamine groups is 4. The molecule has 0 aromatic carbocycles. The Bertz CT molecular complexity index is 573. The van der Waals surface area contributed by atoms with Crippen molar-refractivity contribution in [1.82, 2.24) is 10.1 Å². The van der Waals surface area contributed by atoms with Crippen LogP contribution in [0.4, 0.5) is 0 Å². The van der Waals surface area contributed by atoms with Crippen LogP contribution in [0.3, 0.4) is 0 Å². The van der Waals surface area contributed by atoms with E-state index in [1.807, 2.05) is 13.8 Å². The van der Waals surface area contributed by atoms with Gasteiger partial charge in [0, 0.05) is 38.5 Å². The van der Waals surface area contributed by atoms with E-state index < -0.39 is 35.6 Å². The van der Waals surface area contributed by atoms with Crippen molar-refractivity contribution < 1.29 is 38.4 Å². The first-order valence-corrected chi connectivity index (χ1v) is 10.4. The van der Waals surface area contributed by atoms with Gasteiger partial charge in [0.05, 0.1) is 0 Å². The molecule has 0 aliphatic carbocycles. The highest BCUT2D eigenvalue weighted by atomic mass is 16.7. The van der Waals surface area contributed by atoms with Gasteiger partial charge in [-0.1, -0.05) is 39.5 Å². The van der Waals surface area contributed by atoms with Gasteiger partial charge in [-0.05, 0) is 12.8 Å². The molecule has 30 heavy (non-hydrogen) atoms. The van der Waals surface area contributed by atoms with Crippen molar-refractivity contribution in [3.05, 3.63) is 0 Å². The number of nitrogens with zero attached hydrogens (tertiary/aromatic N) is 2. The number of hydrogen-bond acceptors (Lipinski definition) is 8. The van der Waals surface area contributed by atoms with Gasteiger partial charge in [0.1, 0.15) is 0 Å². The maximum Gasteiger partial charge on any atom is 0.333 e. The minimum Gasteiger partial charge on any atom is -0.330 e. The first-order valence-electron chi connectivity index (χ1n) is 10.4. The lowest BCUT2D eigenvalue weighted by atomic mass is 10.2. The average molecular weight is 426 g/mol. The molecule has 10 nitrogen and oxygen atoms in total. The summed E-state index contributed by atoms with van der Waals surface area (Å²) in [5.74, 6) is -2.72. The molecule has 0 saturated carbocycles. The predicted molar refractivity (Wildman–Crippen MR) is 103 cm³/mol. The second kappa shape index (κ2) is 13.4. The fourth-order valence-corrected chi connectivity index (χ4v) is 2.65. The number of carbonyl (C=O) groups excluding carboxylic acids is 6. The summed E-state index contributed by atoms with van der Waals surface area (Å²) in [6.45, 7) is 4.05. The minimum absolute atomic E-state index is 0.140. The third-order valence-electron chi connectivity index (χ3n) is 4.37. The van der Waals surface area contributed by atoms with Crippen LogP contribution in [0.2, 0.25) is 0 Å². The summed E-state index contributed by atoms with van der Waals surface area (Å²) >= 11 is 0. The first kappa shape index (κ1) is 25.3. The molecular formula is C20H30N2O8. The maximum atomic E-state index is 11.2. The number of unbranched alkanes of at least 4 members (excludes halogenated alkanes) is 4. The second-order valence-electron chi connectivity index (χ2n) is 7.00. The van der Waals surface area contributed by atoms with Gasteiger partial charge in [-0.15, -0.1) is 10.1 Å². The van der Waals surface area contributed by atoms with Gasteiger partial charge in [-0.2, -0.15) is 0 Å². The van der Waals surface area contributed by atoms with E-state index in [0.717, 1.165) is 38.5 Å². The Hall–Kier alpha value is -2.78. The van der Waals surface area contributed by atoms with E-state index in [-0.39, 0.29) is 38.5 Å². The lowest BCUT2D eigenvalue weighted by Gasteiger charge is -2.12. The Morgan fingerprint density at radius 2 is 0.933 bits per heavy atom. The Balaban J connectivity index is 0.000000300. The Morgan fingerprint density at radius 3 is 1.20 bits per heavy atom. The van der Waals surface area contributed by atoms with Crippen molar-refractivity contribution >= 4 is 35.6 Å². The van der Waals surface area contributed by atoms with Crippen molar-refractivity contribution in [3.63, 3.8) is 0 Å². The van der Waals surface area contributed by atoms with Crippen LogP contribution in [-0.4, -0.2) is 45.7 Å². The fraction of sp³-hybridized carbons (Fsp3) is 0.700. The summed E-state index contributed by atoms with van der Waals surface area (Å²) in [6, 6.07) is 0. The van der Waals surface area contributed by atoms with E-state index in [1.54, 1.807) is 0 Å². The number of carbonyl (C=O) groups is 6. The summed E-state index contributed by atoms with van der Waals surface area (Å²) in [5.41, 5.74) is 0. The summed E-state index contributed by atoms with van der Waals surface area (Å²) in [4.78, 5) is 76.1. The summed E-state index contributed by atoms with van der Waals surface area (Å²) in [5, 5.41) is 1.18. The number of rotatable bonds is 10. The van der Waals surface area contributed by atoms with Crippen molar-refractivity contribution in [2.75, 3.05) is 0 Å². The molecule has 0 aromatic rings. The van der Waals surface area contributed by atoms with Crippen LogP contribution in [-0.2, 0) is 38.4 Å². The zero-order chi connectivity index (χ0) is 22.5. The molecule has 0 N–H and O–H groups in total. The Kier molecular flexibility index (Phi) is 11.3. The van der Waals surface area contributed by atoms with Gasteiger partial charge < -0.3 is 9.68 Å². The Morgan fingerprint density at radius 1 is 0.633 bits per heavy atom. The van der Waals surface area contributed by atoms with Crippen LogP contribution in [0, 0.1) is 0 Å². The van der Waals surface area contributed by atoms with E-state index in [4.69, 9.17) is 0 Å². The zero-order valence-electron chi connectivity index (χ0n) is 17.6. The zero-order valence-corrected chi connectivity index (χ0v) is 17.6. The molecule has 168 valence electrons. The number of amides is 4. The van der Waals surface area contributed by atoms with Crippen LogP contribution in [0.5, 0.6) is 0 Å². The largest absolute Gasteiger partial charge is 0.333 e. The molecule has 2 saturated heterocycles. The maximum absolute atomic E-state index is 11.2. The van der Waals surface area contributed by atoms with Gasteiger partial charge in [-0.25, -0.2) is 9.59 Å². The van der Waals surface area contributed by atoms with Crippen molar-refractivity contribution in [3.8, 4) is 0 Å². The van der Waals surface area contributed by atoms with Crippen LogP contribution < -0.4 is 0 Å². The lowest BCUT2D eigenvalue weighted by Crippen LogP contribution is -2.31. The van der Waals surface area contributed by atoms with Crippen LogP contribution >= 0.6 is 0 Å². The van der Waals surface area contributed by atoms with Gasteiger partial charge in [-0.3, -0.25) is 19.2 Å². The molecule has 0 bridgehead atoms. The fourth-order valence-electron chi connectivity index (χ4n) is 2.65. The summed E-state index contributed by atoms with van der Waals surface area (Å²) in [7, 11) is 0. The van der Waals surface area contributed by atoms with Gasteiger partial charge in [0.2, 0.25) is 0 Å².